The van der Waals surface area contributed by atoms with Crippen molar-refractivity contribution in [2.45, 2.75) is 6.42 Å². The van der Waals surface area contributed by atoms with Crippen molar-refractivity contribution in [1.29, 1.82) is 0 Å². The van der Waals surface area contributed by atoms with Crippen molar-refractivity contribution in [3.63, 3.8) is 0 Å². The fourth-order valence-corrected chi connectivity index (χ4v) is 4.73. The first-order chi connectivity index (χ1) is 14.5. The highest BCUT2D eigenvalue weighted by Crippen LogP contribution is 2.49. The monoisotopic (exact) mass is 448 g/mol. The van der Waals surface area contributed by atoms with Crippen LogP contribution in [-0.2, 0) is 0 Å². The van der Waals surface area contributed by atoms with Crippen LogP contribution in [0, 0.1) is 0 Å². The number of benzene rings is 2. The molecule has 2 aromatic carbocycles. The number of ether oxygens (including phenoxy) is 3. The number of para-hydroxylation sites is 1. The first-order valence-electron chi connectivity index (χ1n) is 9.47. The summed E-state index contributed by atoms with van der Waals surface area (Å²) in [6, 6.07) is 11.9. The van der Waals surface area contributed by atoms with Crippen LogP contribution in [-0.4, -0.2) is 47.4 Å². The number of amides is 1. The number of nitrogens with zero attached hydrogens (tertiary/aromatic N) is 1. The van der Waals surface area contributed by atoms with Gasteiger partial charge in [-0.25, -0.2) is 0 Å². The SMILES string of the molecule is COc1cc2c(Cl)c(C(=O)NCCCN(C)c3ccccc3)sc2c(OC)c1OC. The summed E-state index contributed by atoms with van der Waals surface area (Å²) in [7, 11) is 6.67. The van der Waals surface area contributed by atoms with Crippen molar-refractivity contribution in [2.75, 3.05) is 46.4 Å². The zero-order chi connectivity index (χ0) is 21.7. The maximum absolute atomic E-state index is 12.8. The van der Waals surface area contributed by atoms with Gasteiger partial charge in [0.05, 0.1) is 31.1 Å². The molecule has 0 aliphatic rings. The molecule has 0 saturated carbocycles. The molecule has 1 aromatic heterocycles. The lowest BCUT2D eigenvalue weighted by Crippen LogP contribution is -2.27. The number of anilines is 1. The summed E-state index contributed by atoms with van der Waals surface area (Å²) in [4.78, 5) is 15.4. The van der Waals surface area contributed by atoms with E-state index in [1.165, 1.54) is 11.3 Å². The highest BCUT2D eigenvalue weighted by atomic mass is 35.5. The van der Waals surface area contributed by atoms with Crippen molar-refractivity contribution in [2.24, 2.45) is 0 Å². The quantitative estimate of drug-likeness (QED) is 0.475. The van der Waals surface area contributed by atoms with E-state index in [4.69, 9.17) is 25.8 Å². The van der Waals surface area contributed by atoms with Crippen LogP contribution in [0.1, 0.15) is 16.1 Å². The summed E-state index contributed by atoms with van der Waals surface area (Å²) in [6.07, 6.45) is 0.810. The van der Waals surface area contributed by atoms with E-state index in [0.717, 1.165) is 23.4 Å². The molecule has 0 atom stereocenters. The van der Waals surface area contributed by atoms with Crippen LogP contribution in [0.2, 0.25) is 5.02 Å². The highest BCUT2D eigenvalue weighted by Gasteiger charge is 2.24. The Morgan fingerprint density at radius 1 is 1.10 bits per heavy atom. The summed E-state index contributed by atoms with van der Waals surface area (Å²) in [5.74, 6) is 1.27. The van der Waals surface area contributed by atoms with E-state index in [2.05, 4.69) is 22.3 Å². The zero-order valence-corrected chi connectivity index (χ0v) is 19.0. The number of thiophene rings is 1. The Hall–Kier alpha value is -2.64. The molecule has 30 heavy (non-hydrogen) atoms. The van der Waals surface area contributed by atoms with Gasteiger partial charge >= 0.3 is 0 Å². The van der Waals surface area contributed by atoms with Crippen LogP contribution in [0.15, 0.2) is 36.4 Å². The maximum Gasteiger partial charge on any atom is 0.262 e. The third-order valence-corrected chi connectivity index (χ3v) is 6.49. The molecular formula is C22H25ClN2O4S. The normalized spacial score (nSPS) is 10.7. The molecule has 0 radical (unpaired) electrons. The molecule has 1 heterocycles. The van der Waals surface area contributed by atoms with Crippen molar-refractivity contribution in [1.82, 2.24) is 5.32 Å². The van der Waals surface area contributed by atoms with Gasteiger partial charge < -0.3 is 24.4 Å². The molecule has 0 saturated heterocycles. The predicted octanol–water partition coefficient (Wildman–Crippen LogP) is 4.84. The van der Waals surface area contributed by atoms with Gasteiger partial charge in [-0.15, -0.1) is 11.3 Å². The molecule has 1 N–H and O–H groups in total. The fraction of sp³-hybridized carbons (Fsp3) is 0.318. The predicted molar refractivity (Wildman–Crippen MR) is 123 cm³/mol. The Bertz CT molecular complexity index is 1020. The summed E-state index contributed by atoms with van der Waals surface area (Å²) >= 11 is 7.82. The van der Waals surface area contributed by atoms with Gasteiger partial charge in [0.1, 0.15) is 4.88 Å². The van der Waals surface area contributed by atoms with Crippen LogP contribution in [0.3, 0.4) is 0 Å². The van der Waals surface area contributed by atoms with Gasteiger partial charge in [0.25, 0.3) is 5.91 Å². The molecule has 6 nitrogen and oxygen atoms in total. The summed E-state index contributed by atoms with van der Waals surface area (Å²) in [6.45, 7) is 1.37. The van der Waals surface area contributed by atoms with Gasteiger partial charge in [-0.05, 0) is 24.6 Å². The first-order valence-corrected chi connectivity index (χ1v) is 10.7. The average Bonchev–Trinajstić information content (AvgIpc) is 3.11. The Balaban J connectivity index is 1.71. The molecule has 0 fully saturated rings. The zero-order valence-electron chi connectivity index (χ0n) is 17.5. The number of fused-ring (bicyclic) bond motifs is 1. The molecule has 0 aliphatic heterocycles. The largest absolute Gasteiger partial charge is 0.493 e. The Labute approximate surface area is 185 Å². The van der Waals surface area contributed by atoms with Gasteiger partial charge in [-0.3, -0.25) is 4.79 Å². The molecule has 0 unspecified atom stereocenters. The van der Waals surface area contributed by atoms with Gasteiger partial charge in [-0.2, -0.15) is 0 Å². The second-order valence-corrected chi connectivity index (χ2v) is 8.03. The van der Waals surface area contributed by atoms with Crippen LogP contribution >= 0.6 is 22.9 Å². The maximum atomic E-state index is 12.8. The van der Waals surface area contributed by atoms with Gasteiger partial charge in [-0.1, -0.05) is 29.8 Å². The number of methoxy groups -OCH3 is 3. The molecule has 0 bridgehead atoms. The molecule has 0 aliphatic carbocycles. The first kappa shape index (κ1) is 22.1. The minimum absolute atomic E-state index is 0.205. The smallest absolute Gasteiger partial charge is 0.262 e. The third-order valence-electron chi connectivity index (χ3n) is 4.78. The number of hydrogen-bond donors (Lipinski definition) is 1. The Morgan fingerprint density at radius 2 is 1.80 bits per heavy atom. The summed E-state index contributed by atoms with van der Waals surface area (Å²) in [5, 5.41) is 4.04. The Kier molecular flexibility index (Phi) is 7.29. The van der Waals surface area contributed by atoms with Crippen molar-refractivity contribution < 1.29 is 19.0 Å². The lowest BCUT2D eigenvalue weighted by Gasteiger charge is -2.19. The molecular weight excluding hydrogens is 424 g/mol. The summed E-state index contributed by atoms with van der Waals surface area (Å²) in [5.41, 5.74) is 1.14. The van der Waals surface area contributed by atoms with Gasteiger partial charge in [0.15, 0.2) is 11.5 Å². The lowest BCUT2D eigenvalue weighted by molar-refractivity contribution is 0.0957. The van der Waals surface area contributed by atoms with Crippen LogP contribution in [0.25, 0.3) is 10.1 Å². The van der Waals surface area contributed by atoms with Crippen LogP contribution in [0.4, 0.5) is 5.69 Å². The van der Waals surface area contributed by atoms with Gasteiger partial charge in [0.2, 0.25) is 5.75 Å². The van der Waals surface area contributed by atoms with Crippen LogP contribution in [0.5, 0.6) is 17.2 Å². The number of carbonyl (C=O) groups excluding carboxylic acids is 1. The van der Waals surface area contributed by atoms with E-state index in [1.54, 1.807) is 27.4 Å². The van der Waals surface area contributed by atoms with E-state index in [-0.39, 0.29) is 5.91 Å². The van der Waals surface area contributed by atoms with Crippen molar-refractivity contribution in [3.05, 3.63) is 46.3 Å². The third kappa shape index (κ3) is 4.42. The van der Waals surface area contributed by atoms with Crippen molar-refractivity contribution >= 4 is 44.6 Å². The molecule has 3 aromatic rings. The topological polar surface area (TPSA) is 60.0 Å². The van der Waals surface area contributed by atoms with Crippen molar-refractivity contribution in [3.8, 4) is 17.2 Å². The average molecular weight is 449 g/mol. The van der Waals surface area contributed by atoms with Gasteiger partial charge in [0, 0.05) is 31.2 Å². The number of nitrogens with one attached hydrogen (secondary N) is 1. The highest BCUT2D eigenvalue weighted by molar-refractivity contribution is 7.22. The lowest BCUT2D eigenvalue weighted by atomic mass is 10.2. The molecule has 160 valence electrons. The van der Waals surface area contributed by atoms with E-state index in [0.29, 0.717) is 39.1 Å². The van der Waals surface area contributed by atoms with E-state index >= 15 is 0 Å². The van der Waals surface area contributed by atoms with E-state index < -0.39 is 0 Å². The standard InChI is InChI=1S/C22H25ClN2O4S/c1-25(14-9-6-5-7-10-14)12-8-11-24-22(26)21-17(23)15-13-16(27-2)18(28-3)19(29-4)20(15)30-21/h5-7,9-10,13H,8,11-12H2,1-4H3,(H,24,26). The minimum atomic E-state index is -0.205. The number of carbonyl (C=O) groups is 1. The minimum Gasteiger partial charge on any atom is -0.493 e. The van der Waals surface area contributed by atoms with E-state index in [1.807, 2.05) is 25.2 Å². The fourth-order valence-electron chi connectivity index (χ4n) is 3.22. The number of halogens is 1. The molecule has 8 heteroatoms. The number of hydrogen-bond acceptors (Lipinski definition) is 6. The van der Waals surface area contributed by atoms with E-state index in [9.17, 15) is 4.79 Å². The number of rotatable bonds is 9. The molecule has 3 rings (SSSR count). The molecule has 1 amide bonds. The second-order valence-electron chi connectivity index (χ2n) is 6.63. The van der Waals surface area contributed by atoms with Crippen LogP contribution < -0.4 is 24.4 Å². The molecule has 0 spiro atoms. The summed E-state index contributed by atoms with van der Waals surface area (Å²) < 4.78 is 17.1. The second kappa shape index (κ2) is 9.91. The Morgan fingerprint density at radius 3 is 2.43 bits per heavy atom.